The van der Waals surface area contributed by atoms with Gasteiger partial charge in [-0.3, -0.25) is 9.59 Å². The van der Waals surface area contributed by atoms with Gasteiger partial charge in [-0.15, -0.1) is 0 Å². The van der Waals surface area contributed by atoms with Crippen LogP contribution in [0.15, 0.2) is 0 Å². The third kappa shape index (κ3) is 17.8. The van der Waals surface area contributed by atoms with Crippen LogP contribution < -0.4 is 51.4 Å². The van der Waals surface area contributed by atoms with Gasteiger partial charge in [-0.2, -0.15) is 0 Å². The van der Waals surface area contributed by atoms with E-state index in [-0.39, 0.29) is 93.4 Å². The summed E-state index contributed by atoms with van der Waals surface area (Å²) >= 11 is 0. The Labute approximate surface area is 131 Å². The predicted molar refractivity (Wildman–Crippen MR) is 31.5 cm³/mol. The predicted octanol–water partition coefficient (Wildman–Crippen LogP) is -2.94. The van der Waals surface area contributed by atoms with E-state index in [4.69, 9.17) is 0 Å². The van der Waals surface area contributed by atoms with Crippen molar-refractivity contribution >= 4 is 49.7 Å². The van der Waals surface area contributed by atoms with Crippen molar-refractivity contribution in [1.29, 1.82) is 0 Å². The Morgan fingerprint density at radius 3 is 1.44 bits per heavy atom. The Kier molecular flexibility index (Phi) is 19.2. The van der Waals surface area contributed by atoms with Gasteiger partial charge >= 0.3 is 101 Å². The van der Waals surface area contributed by atoms with E-state index in [0.29, 0.717) is 0 Å². The van der Waals surface area contributed by atoms with Gasteiger partial charge in [0.25, 0.3) is 0 Å². The molecule has 46 valence electrons. The molecule has 0 unspecified atom stereocenters. The van der Waals surface area contributed by atoms with E-state index in [1.165, 1.54) is 13.8 Å². The molecular formula is C4H9CaKO3. The molecule has 0 aromatic heterocycles. The molecule has 0 amide bonds. The fraction of sp³-hybridized carbons (Fsp3) is 0.500. The van der Waals surface area contributed by atoms with Crippen LogP contribution in [-0.4, -0.2) is 49.7 Å². The molecular weight excluding hydrogens is 175 g/mol. The normalized spacial score (nSPS) is 6.00. The van der Waals surface area contributed by atoms with Gasteiger partial charge in [-0.05, 0) is 0 Å². The zero-order valence-electron chi connectivity index (χ0n) is 8.93. The minimum Gasteiger partial charge on any atom is -1.00 e. The molecule has 0 N–H and O–H groups in total. The van der Waals surface area contributed by atoms with Crippen LogP contribution in [0.5, 0.6) is 0 Å². The molecule has 0 radical (unpaired) electrons. The fourth-order valence-corrected chi connectivity index (χ4v) is 0.202. The molecule has 0 aromatic carbocycles. The SMILES string of the molecule is CC(=O)OC(C)=O.[Ca+2].[H-].[H-].[H-].[K+]. The van der Waals surface area contributed by atoms with E-state index in [9.17, 15) is 9.59 Å². The second kappa shape index (κ2) is 10.0. The van der Waals surface area contributed by atoms with E-state index >= 15 is 0 Å². The van der Waals surface area contributed by atoms with Crippen molar-refractivity contribution in [1.82, 2.24) is 0 Å². The van der Waals surface area contributed by atoms with E-state index < -0.39 is 11.9 Å². The van der Waals surface area contributed by atoms with Gasteiger partial charge in [0, 0.05) is 13.8 Å². The van der Waals surface area contributed by atoms with E-state index in [0.717, 1.165) is 0 Å². The number of hydrogen-bond donors (Lipinski definition) is 0. The summed E-state index contributed by atoms with van der Waals surface area (Å²) in [5.74, 6) is -1.12. The standard InChI is InChI=1S/C4H6O3.Ca.K.3H/c1-3(5)7-4(2)6;;;;;/h1-2H3;;;;;/q;+2;+1;3*-1. The fourth-order valence-electron chi connectivity index (χ4n) is 0.202. The van der Waals surface area contributed by atoms with Crippen molar-refractivity contribution in [3.05, 3.63) is 0 Å². The third-order valence-electron chi connectivity index (χ3n) is 0.287. The smallest absolute Gasteiger partial charge is 1.00 e. The average Bonchev–Trinajstić information content (AvgIpc) is 1.27. The minimum atomic E-state index is -0.562. The molecule has 0 aliphatic heterocycles. The molecule has 0 saturated carbocycles. The molecule has 0 heterocycles. The number of carbonyl (C=O) groups excluding carboxylic acids is 2. The van der Waals surface area contributed by atoms with Crippen LogP contribution >= 0.6 is 0 Å². The van der Waals surface area contributed by atoms with Crippen LogP contribution in [0.4, 0.5) is 0 Å². The summed E-state index contributed by atoms with van der Waals surface area (Å²) in [5.41, 5.74) is 0. The first-order chi connectivity index (χ1) is 3.13. The molecule has 9 heavy (non-hydrogen) atoms. The molecule has 0 aliphatic carbocycles. The second-order valence-electron chi connectivity index (χ2n) is 1.09. The number of hydrogen-bond acceptors (Lipinski definition) is 3. The average molecular weight is 184 g/mol. The van der Waals surface area contributed by atoms with Gasteiger partial charge < -0.3 is 9.02 Å². The van der Waals surface area contributed by atoms with Gasteiger partial charge in [-0.1, -0.05) is 0 Å². The summed E-state index contributed by atoms with van der Waals surface area (Å²) in [6, 6.07) is 0. The van der Waals surface area contributed by atoms with Gasteiger partial charge in [0.15, 0.2) is 0 Å². The summed E-state index contributed by atoms with van der Waals surface area (Å²) in [4.78, 5) is 19.6. The molecule has 0 aromatic rings. The van der Waals surface area contributed by atoms with Crippen LogP contribution in [0.3, 0.4) is 0 Å². The molecule has 0 bridgehead atoms. The number of ether oxygens (including phenoxy) is 1. The molecule has 0 spiro atoms. The van der Waals surface area contributed by atoms with Crippen molar-refractivity contribution in [2.45, 2.75) is 13.8 Å². The maximum atomic E-state index is 9.81. The Morgan fingerprint density at radius 2 is 1.44 bits per heavy atom. The van der Waals surface area contributed by atoms with E-state index in [2.05, 4.69) is 4.74 Å². The van der Waals surface area contributed by atoms with Gasteiger partial charge in [-0.25, -0.2) is 0 Å². The Morgan fingerprint density at radius 1 is 1.22 bits per heavy atom. The van der Waals surface area contributed by atoms with Crippen LogP contribution in [0.2, 0.25) is 0 Å². The van der Waals surface area contributed by atoms with Crippen molar-refractivity contribution < 1.29 is 70.0 Å². The summed E-state index contributed by atoms with van der Waals surface area (Å²) in [6.45, 7) is 2.36. The third-order valence-corrected chi connectivity index (χ3v) is 0.287. The maximum Gasteiger partial charge on any atom is 2.00 e. The molecule has 0 rings (SSSR count). The molecule has 0 saturated heterocycles. The van der Waals surface area contributed by atoms with Crippen LogP contribution in [-0.2, 0) is 14.3 Å². The molecule has 0 aliphatic rings. The van der Waals surface area contributed by atoms with Crippen LogP contribution in [0.25, 0.3) is 0 Å². The summed E-state index contributed by atoms with van der Waals surface area (Å²) in [7, 11) is 0. The largest absolute Gasteiger partial charge is 2.00 e. The minimum absolute atomic E-state index is 0. The zero-order valence-corrected chi connectivity index (χ0v) is 11.3. The molecule has 0 atom stereocenters. The number of esters is 2. The van der Waals surface area contributed by atoms with Crippen LogP contribution in [0.1, 0.15) is 18.1 Å². The van der Waals surface area contributed by atoms with Crippen molar-refractivity contribution in [3.8, 4) is 0 Å². The summed E-state index contributed by atoms with van der Waals surface area (Å²) in [6.07, 6.45) is 0. The van der Waals surface area contributed by atoms with Gasteiger partial charge in [0.05, 0.1) is 0 Å². The molecule has 3 nitrogen and oxygen atoms in total. The topological polar surface area (TPSA) is 43.4 Å². The van der Waals surface area contributed by atoms with Crippen molar-refractivity contribution in [3.63, 3.8) is 0 Å². The quantitative estimate of drug-likeness (QED) is 0.230. The van der Waals surface area contributed by atoms with Gasteiger partial charge in [0.2, 0.25) is 0 Å². The first-order valence-corrected chi connectivity index (χ1v) is 1.82. The van der Waals surface area contributed by atoms with E-state index in [1.807, 2.05) is 0 Å². The molecule has 5 heteroatoms. The molecule has 0 fully saturated rings. The summed E-state index contributed by atoms with van der Waals surface area (Å²) < 4.78 is 3.97. The number of rotatable bonds is 0. The van der Waals surface area contributed by atoms with Crippen molar-refractivity contribution in [2.24, 2.45) is 0 Å². The van der Waals surface area contributed by atoms with E-state index in [1.54, 1.807) is 0 Å². The first-order valence-electron chi connectivity index (χ1n) is 1.82. The monoisotopic (exact) mass is 184 g/mol. The Bertz CT molecular complexity index is 102. The van der Waals surface area contributed by atoms with Gasteiger partial charge in [0.1, 0.15) is 0 Å². The van der Waals surface area contributed by atoms with Crippen LogP contribution in [0, 0.1) is 0 Å². The van der Waals surface area contributed by atoms with Crippen molar-refractivity contribution in [2.75, 3.05) is 0 Å². The number of carbonyl (C=O) groups is 2. The first kappa shape index (κ1) is 17.2. The summed E-state index contributed by atoms with van der Waals surface area (Å²) in [5, 5.41) is 0. The zero-order chi connectivity index (χ0) is 5.86. The Hall–Kier alpha value is 2.04. The maximum absolute atomic E-state index is 9.81. The Balaban J connectivity index is -0.0000000180. The second-order valence-corrected chi connectivity index (χ2v) is 1.09.